The normalized spacial score (nSPS) is 14.6. The highest BCUT2D eigenvalue weighted by Crippen LogP contribution is 2.15. The lowest BCUT2D eigenvalue weighted by Gasteiger charge is -2.03. The number of hydrogen-bond donors (Lipinski definition) is 0. The van der Waals surface area contributed by atoms with Gasteiger partial charge in [-0.05, 0) is 18.8 Å². The molecule has 0 N–H and O–H groups in total. The monoisotopic (exact) mass is 144 g/mol. The summed E-state index contributed by atoms with van der Waals surface area (Å²) in [4.78, 5) is 0. The zero-order valence-electron chi connectivity index (χ0n) is 6.55. The second-order valence-corrected chi connectivity index (χ2v) is 3.55. The Hall–Kier alpha value is 0.0900. The molecule has 0 aliphatic heterocycles. The first-order valence-corrected chi connectivity index (χ1v) is 4.52. The fraction of sp³-hybridized carbons (Fsp3) is 0.750. The van der Waals surface area contributed by atoms with Crippen LogP contribution in [-0.4, -0.2) is 5.25 Å². The Morgan fingerprint density at radius 2 is 2.22 bits per heavy atom. The van der Waals surface area contributed by atoms with E-state index < -0.39 is 0 Å². The van der Waals surface area contributed by atoms with Gasteiger partial charge in [0.05, 0.1) is 0 Å². The van der Waals surface area contributed by atoms with Crippen LogP contribution in [0.25, 0.3) is 0 Å². The van der Waals surface area contributed by atoms with Crippen LogP contribution in [0.1, 0.15) is 33.6 Å². The number of rotatable bonds is 4. The van der Waals surface area contributed by atoms with Crippen LogP contribution >= 0.6 is 11.8 Å². The van der Waals surface area contributed by atoms with Crippen LogP contribution in [0, 0.1) is 0 Å². The van der Waals surface area contributed by atoms with Crippen LogP contribution in [0.4, 0.5) is 0 Å². The molecule has 1 atom stereocenters. The molecular formula is C8H16S. The van der Waals surface area contributed by atoms with Crippen molar-refractivity contribution < 1.29 is 0 Å². The van der Waals surface area contributed by atoms with Gasteiger partial charge in [0.15, 0.2) is 0 Å². The van der Waals surface area contributed by atoms with Gasteiger partial charge < -0.3 is 0 Å². The lowest BCUT2D eigenvalue weighted by Crippen LogP contribution is -1.91. The van der Waals surface area contributed by atoms with E-state index in [0.717, 1.165) is 5.25 Å². The second kappa shape index (κ2) is 6.21. The van der Waals surface area contributed by atoms with Crippen molar-refractivity contribution in [3.8, 4) is 0 Å². The average Bonchev–Trinajstić information content (AvgIpc) is 1.85. The molecule has 1 unspecified atom stereocenters. The summed E-state index contributed by atoms with van der Waals surface area (Å²) >= 11 is 1.92. The fourth-order valence-corrected chi connectivity index (χ4v) is 1.48. The van der Waals surface area contributed by atoms with Gasteiger partial charge >= 0.3 is 0 Å². The summed E-state index contributed by atoms with van der Waals surface area (Å²) in [6.07, 6.45) is 4.72. The maximum absolute atomic E-state index is 2.27. The fourth-order valence-electron chi connectivity index (χ4n) is 0.687. The number of hydrogen-bond acceptors (Lipinski definition) is 1. The summed E-state index contributed by atoms with van der Waals surface area (Å²) in [5.74, 6) is 0. The molecule has 0 aromatic heterocycles. The third-order valence-electron chi connectivity index (χ3n) is 1.14. The van der Waals surface area contributed by atoms with Gasteiger partial charge in [-0.2, -0.15) is 0 Å². The molecule has 0 rings (SSSR count). The zero-order valence-corrected chi connectivity index (χ0v) is 7.37. The molecular weight excluding hydrogens is 128 g/mol. The van der Waals surface area contributed by atoms with Crippen molar-refractivity contribution in [2.24, 2.45) is 0 Å². The lowest BCUT2D eigenvalue weighted by atomic mass is 10.3. The second-order valence-electron chi connectivity index (χ2n) is 2.20. The standard InChI is InChI=1S/C8H16S/c1-4-6-8(3)9-7-5-2/h5,7-8H,4,6H2,1-3H3. The Labute approximate surface area is 62.7 Å². The highest BCUT2D eigenvalue weighted by molar-refractivity contribution is 8.02. The van der Waals surface area contributed by atoms with Gasteiger partial charge in [-0.15, -0.1) is 11.8 Å². The van der Waals surface area contributed by atoms with E-state index in [0.29, 0.717) is 0 Å². The Bertz CT molecular complexity index is 76.6. The van der Waals surface area contributed by atoms with Gasteiger partial charge in [0, 0.05) is 5.25 Å². The van der Waals surface area contributed by atoms with Gasteiger partial charge in [-0.3, -0.25) is 0 Å². The lowest BCUT2D eigenvalue weighted by molar-refractivity contribution is 0.789. The molecule has 0 amide bonds. The van der Waals surface area contributed by atoms with Crippen LogP contribution in [-0.2, 0) is 0 Å². The summed E-state index contributed by atoms with van der Waals surface area (Å²) in [6, 6.07) is 0. The van der Waals surface area contributed by atoms with E-state index >= 15 is 0 Å². The van der Waals surface area contributed by atoms with E-state index in [1.54, 1.807) is 0 Å². The van der Waals surface area contributed by atoms with Gasteiger partial charge in [0.2, 0.25) is 0 Å². The van der Waals surface area contributed by atoms with Crippen molar-refractivity contribution in [2.75, 3.05) is 0 Å². The van der Waals surface area contributed by atoms with Crippen LogP contribution in [0.15, 0.2) is 11.5 Å². The van der Waals surface area contributed by atoms with Crippen LogP contribution in [0.5, 0.6) is 0 Å². The Balaban J connectivity index is 3.15. The first-order chi connectivity index (χ1) is 4.31. The number of allylic oxidation sites excluding steroid dienone is 1. The maximum atomic E-state index is 2.27. The molecule has 0 bridgehead atoms. The van der Waals surface area contributed by atoms with Crippen LogP contribution < -0.4 is 0 Å². The van der Waals surface area contributed by atoms with Gasteiger partial charge in [0.1, 0.15) is 0 Å². The Kier molecular flexibility index (Phi) is 6.28. The first-order valence-electron chi connectivity index (χ1n) is 3.57. The predicted molar refractivity (Wildman–Crippen MR) is 46.8 cm³/mol. The van der Waals surface area contributed by atoms with Crippen LogP contribution in [0.2, 0.25) is 0 Å². The first kappa shape index (κ1) is 9.09. The molecule has 0 aliphatic carbocycles. The molecule has 0 aliphatic rings. The van der Waals surface area contributed by atoms with Crippen molar-refractivity contribution >= 4 is 11.8 Å². The maximum Gasteiger partial charge on any atom is 0.00599 e. The molecule has 0 nitrogen and oxygen atoms in total. The Morgan fingerprint density at radius 1 is 1.56 bits per heavy atom. The topological polar surface area (TPSA) is 0 Å². The van der Waals surface area contributed by atoms with Gasteiger partial charge in [0.25, 0.3) is 0 Å². The SMILES string of the molecule is CC=CSC(C)CCC. The zero-order chi connectivity index (χ0) is 7.11. The van der Waals surface area contributed by atoms with E-state index in [-0.39, 0.29) is 0 Å². The van der Waals surface area contributed by atoms with E-state index in [1.807, 2.05) is 11.8 Å². The minimum absolute atomic E-state index is 0.797. The van der Waals surface area contributed by atoms with Crippen molar-refractivity contribution in [3.63, 3.8) is 0 Å². The van der Waals surface area contributed by atoms with Gasteiger partial charge in [-0.1, -0.05) is 26.3 Å². The predicted octanol–water partition coefficient (Wildman–Crippen LogP) is 3.44. The van der Waals surface area contributed by atoms with E-state index in [1.165, 1.54) is 12.8 Å². The summed E-state index contributed by atoms with van der Waals surface area (Å²) in [5.41, 5.74) is 0. The van der Waals surface area contributed by atoms with E-state index in [9.17, 15) is 0 Å². The molecule has 0 saturated carbocycles. The summed E-state index contributed by atoms with van der Waals surface area (Å²) in [6.45, 7) is 6.56. The quantitative estimate of drug-likeness (QED) is 0.582. The molecule has 0 radical (unpaired) electrons. The third kappa shape index (κ3) is 5.97. The van der Waals surface area contributed by atoms with Gasteiger partial charge in [-0.25, -0.2) is 0 Å². The highest BCUT2D eigenvalue weighted by Gasteiger charge is 1.95. The van der Waals surface area contributed by atoms with Crippen molar-refractivity contribution in [1.29, 1.82) is 0 Å². The largest absolute Gasteiger partial charge is 0.131 e. The number of thioether (sulfide) groups is 1. The van der Waals surface area contributed by atoms with Crippen molar-refractivity contribution in [3.05, 3.63) is 11.5 Å². The Morgan fingerprint density at radius 3 is 2.67 bits per heavy atom. The minimum atomic E-state index is 0.797. The molecule has 0 fully saturated rings. The summed E-state index contributed by atoms with van der Waals surface area (Å²) < 4.78 is 0. The van der Waals surface area contributed by atoms with E-state index in [2.05, 4.69) is 32.3 Å². The molecule has 0 spiro atoms. The summed E-state index contributed by atoms with van der Waals surface area (Å²) in [7, 11) is 0. The molecule has 54 valence electrons. The molecule has 0 aromatic carbocycles. The molecule has 9 heavy (non-hydrogen) atoms. The van der Waals surface area contributed by atoms with Crippen molar-refractivity contribution in [2.45, 2.75) is 38.9 Å². The minimum Gasteiger partial charge on any atom is -0.131 e. The third-order valence-corrected chi connectivity index (χ3v) is 2.27. The molecule has 0 saturated heterocycles. The molecule has 0 heterocycles. The van der Waals surface area contributed by atoms with Crippen molar-refractivity contribution in [1.82, 2.24) is 0 Å². The molecule has 0 aromatic rings. The summed E-state index contributed by atoms with van der Waals surface area (Å²) in [5, 5.41) is 2.96. The molecule has 1 heteroatoms. The average molecular weight is 144 g/mol. The highest BCUT2D eigenvalue weighted by atomic mass is 32.2. The smallest absolute Gasteiger partial charge is 0.00599 e. The van der Waals surface area contributed by atoms with E-state index in [4.69, 9.17) is 0 Å². The van der Waals surface area contributed by atoms with Crippen LogP contribution in [0.3, 0.4) is 0 Å².